The lowest BCUT2D eigenvalue weighted by Crippen LogP contribution is -2.48. The Morgan fingerprint density at radius 1 is 1.22 bits per heavy atom. The number of amides is 2. The third-order valence-electron chi connectivity index (χ3n) is 3.92. The van der Waals surface area contributed by atoms with Gasteiger partial charge in [-0.2, -0.15) is 0 Å². The molecule has 2 amide bonds. The minimum Gasteiger partial charge on any atom is -0.328 e. The molecule has 18 heavy (non-hydrogen) atoms. The number of hydrogen-bond acceptors (Lipinski definition) is 3. The number of nitrogens with zero attached hydrogens (tertiary/aromatic N) is 1. The second kappa shape index (κ2) is 4.19. The number of carbonyl (C=O) groups excluding carboxylic acids is 2. The van der Waals surface area contributed by atoms with Gasteiger partial charge in [-0.15, -0.1) is 0 Å². The van der Waals surface area contributed by atoms with Gasteiger partial charge in [0, 0.05) is 24.7 Å². The Bertz CT molecular complexity index is 396. The molecule has 1 aliphatic heterocycles. The van der Waals surface area contributed by atoms with Crippen LogP contribution >= 0.6 is 0 Å². The first-order valence-corrected chi connectivity index (χ1v) is 6.50. The molecule has 2 atom stereocenters. The zero-order valence-electron chi connectivity index (χ0n) is 11.4. The Kier molecular flexibility index (Phi) is 3.09. The summed E-state index contributed by atoms with van der Waals surface area (Å²) >= 11 is 0. The highest BCUT2D eigenvalue weighted by Gasteiger charge is 2.42. The van der Waals surface area contributed by atoms with Crippen LogP contribution in [0.4, 0.5) is 0 Å². The molecule has 2 N–H and O–H groups in total. The van der Waals surface area contributed by atoms with E-state index in [0.717, 1.165) is 19.3 Å². The highest BCUT2D eigenvalue weighted by Crippen LogP contribution is 2.46. The normalized spacial score (nSPS) is 35.3. The maximum Gasteiger partial charge on any atom is 0.253 e. The Labute approximate surface area is 108 Å². The molecule has 2 aliphatic rings. The van der Waals surface area contributed by atoms with E-state index in [9.17, 15) is 9.59 Å². The summed E-state index contributed by atoms with van der Waals surface area (Å²) in [6.45, 7) is 7.02. The van der Waals surface area contributed by atoms with Crippen molar-refractivity contribution in [3.63, 3.8) is 0 Å². The topological polar surface area (TPSA) is 63.4 Å². The van der Waals surface area contributed by atoms with Gasteiger partial charge >= 0.3 is 0 Å². The molecule has 2 rings (SSSR count). The predicted molar refractivity (Wildman–Crippen MR) is 69.6 cm³/mol. The predicted octanol–water partition coefficient (Wildman–Crippen LogP) is 1.46. The van der Waals surface area contributed by atoms with Crippen molar-refractivity contribution < 1.29 is 9.59 Å². The van der Waals surface area contributed by atoms with Crippen LogP contribution in [0.25, 0.3) is 0 Å². The molecule has 0 saturated heterocycles. The molecule has 4 nitrogen and oxygen atoms in total. The van der Waals surface area contributed by atoms with E-state index in [1.807, 2.05) is 0 Å². The number of rotatable bonds is 2. The lowest BCUT2D eigenvalue weighted by atomic mass is 9.62. The van der Waals surface area contributed by atoms with Crippen LogP contribution in [-0.4, -0.2) is 29.3 Å². The van der Waals surface area contributed by atoms with Gasteiger partial charge in [-0.3, -0.25) is 14.5 Å². The molecule has 1 heterocycles. The van der Waals surface area contributed by atoms with E-state index in [2.05, 4.69) is 20.8 Å². The van der Waals surface area contributed by atoms with Crippen molar-refractivity contribution >= 4 is 11.8 Å². The molecule has 0 aromatic heterocycles. The van der Waals surface area contributed by atoms with E-state index < -0.39 is 0 Å². The van der Waals surface area contributed by atoms with E-state index in [0.29, 0.717) is 6.54 Å². The minimum atomic E-state index is -0.196. The van der Waals surface area contributed by atoms with Gasteiger partial charge in [0.2, 0.25) is 0 Å². The van der Waals surface area contributed by atoms with Crippen LogP contribution in [0.15, 0.2) is 12.2 Å². The summed E-state index contributed by atoms with van der Waals surface area (Å²) in [5.41, 5.74) is 6.23. The van der Waals surface area contributed by atoms with Gasteiger partial charge in [-0.1, -0.05) is 20.8 Å². The van der Waals surface area contributed by atoms with E-state index in [1.54, 1.807) is 0 Å². The molecule has 2 unspecified atom stereocenters. The lowest BCUT2D eigenvalue weighted by Gasteiger charge is -2.46. The molecule has 1 aliphatic carbocycles. The Morgan fingerprint density at radius 3 is 2.28 bits per heavy atom. The van der Waals surface area contributed by atoms with Gasteiger partial charge in [-0.05, 0) is 30.1 Å². The van der Waals surface area contributed by atoms with Gasteiger partial charge in [0.15, 0.2) is 0 Å². The first-order valence-electron chi connectivity index (χ1n) is 6.50. The lowest BCUT2D eigenvalue weighted by molar-refractivity contribution is -0.139. The average molecular weight is 250 g/mol. The number of nitrogens with two attached hydrogens (primary N) is 1. The molecule has 1 saturated carbocycles. The average Bonchev–Trinajstić information content (AvgIpc) is 2.45. The van der Waals surface area contributed by atoms with Crippen LogP contribution < -0.4 is 5.73 Å². The Morgan fingerprint density at radius 2 is 1.78 bits per heavy atom. The molecule has 0 aromatic rings. The van der Waals surface area contributed by atoms with E-state index in [-0.39, 0.29) is 28.7 Å². The fourth-order valence-electron chi connectivity index (χ4n) is 3.80. The number of imide groups is 1. The van der Waals surface area contributed by atoms with Gasteiger partial charge in [-0.25, -0.2) is 0 Å². The van der Waals surface area contributed by atoms with Crippen molar-refractivity contribution in [3.05, 3.63) is 12.2 Å². The third-order valence-corrected chi connectivity index (χ3v) is 3.92. The largest absolute Gasteiger partial charge is 0.328 e. The quantitative estimate of drug-likeness (QED) is 0.755. The molecule has 100 valence electrons. The van der Waals surface area contributed by atoms with Crippen molar-refractivity contribution in [2.45, 2.75) is 46.1 Å². The smallest absolute Gasteiger partial charge is 0.253 e. The van der Waals surface area contributed by atoms with Crippen LogP contribution in [0, 0.1) is 10.8 Å². The fraction of sp³-hybridized carbons (Fsp3) is 0.714. The van der Waals surface area contributed by atoms with Crippen molar-refractivity contribution in [2.75, 3.05) is 6.54 Å². The summed E-state index contributed by atoms with van der Waals surface area (Å²) in [4.78, 5) is 24.6. The molecule has 4 heteroatoms. The summed E-state index contributed by atoms with van der Waals surface area (Å²) in [7, 11) is 0. The second-order valence-electron chi connectivity index (χ2n) is 6.92. The summed E-state index contributed by atoms with van der Waals surface area (Å²) in [5.74, 6) is -0.392. The van der Waals surface area contributed by atoms with Gasteiger partial charge in [0.25, 0.3) is 11.8 Å². The fourth-order valence-corrected chi connectivity index (χ4v) is 3.80. The van der Waals surface area contributed by atoms with Crippen LogP contribution in [0.5, 0.6) is 0 Å². The van der Waals surface area contributed by atoms with E-state index in [4.69, 9.17) is 5.73 Å². The van der Waals surface area contributed by atoms with Gasteiger partial charge < -0.3 is 5.73 Å². The number of hydrogen-bond donors (Lipinski definition) is 1. The maximum absolute atomic E-state index is 11.6. The van der Waals surface area contributed by atoms with Crippen molar-refractivity contribution in [3.8, 4) is 0 Å². The van der Waals surface area contributed by atoms with E-state index >= 15 is 0 Å². The second-order valence-corrected chi connectivity index (χ2v) is 6.92. The zero-order chi connectivity index (χ0) is 13.6. The molecule has 0 aromatic carbocycles. The molecule has 0 radical (unpaired) electrons. The Balaban J connectivity index is 2.12. The van der Waals surface area contributed by atoms with Crippen LogP contribution in [-0.2, 0) is 9.59 Å². The molecule has 0 bridgehead atoms. The standard InChI is InChI=1S/C14H22N2O2/c1-13(2)6-10(15)7-14(3,8-13)9-16-11(17)4-5-12(16)18/h4-5,10H,6-9,15H2,1-3H3. The van der Waals surface area contributed by atoms with Gasteiger partial charge in [0.1, 0.15) is 0 Å². The third kappa shape index (κ3) is 2.64. The summed E-state index contributed by atoms with van der Waals surface area (Å²) < 4.78 is 0. The highest BCUT2D eigenvalue weighted by atomic mass is 16.2. The van der Waals surface area contributed by atoms with Crippen molar-refractivity contribution in [1.82, 2.24) is 4.90 Å². The molecule has 1 fully saturated rings. The van der Waals surface area contributed by atoms with E-state index in [1.165, 1.54) is 17.1 Å². The highest BCUT2D eigenvalue weighted by molar-refractivity contribution is 6.12. The first-order chi connectivity index (χ1) is 8.21. The van der Waals surface area contributed by atoms with Crippen molar-refractivity contribution in [1.29, 1.82) is 0 Å². The molecular formula is C14H22N2O2. The minimum absolute atomic E-state index is 0.0709. The first kappa shape index (κ1) is 13.3. The van der Waals surface area contributed by atoms with Crippen molar-refractivity contribution in [2.24, 2.45) is 16.6 Å². The molecular weight excluding hydrogens is 228 g/mol. The molecule has 0 spiro atoms. The Hall–Kier alpha value is -1.16. The maximum atomic E-state index is 11.6. The SMILES string of the molecule is CC1(C)CC(N)CC(C)(CN2C(=O)C=CC2=O)C1. The van der Waals surface area contributed by atoms with Crippen LogP contribution in [0.3, 0.4) is 0 Å². The number of carbonyl (C=O) groups is 2. The van der Waals surface area contributed by atoms with Gasteiger partial charge in [0.05, 0.1) is 0 Å². The summed E-state index contributed by atoms with van der Waals surface area (Å²) in [5, 5.41) is 0. The summed E-state index contributed by atoms with van der Waals surface area (Å²) in [6.07, 6.45) is 5.56. The van der Waals surface area contributed by atoms with Crippen LogP contribution in [0.1, 0.15) is 40.0 Å². The zero-order valence-corrected chi connectivity index (χ0v) is 11.4. The monoisotopic (exact) mass is 250 g/mol. The van der Waals surface area contributed by atoms with Crippen LogP contribution in [0.2, 0.25) is 0 Å². The summed E-state index contributed by atoms with van der Waals surface area (Å²) in [6, 6.07) is 0.152.